The fraction of sp³-hybridized carbons (Fsp3) is 0.500. The van der Waals surface area contributed by atoms with Crippen molar-refractivity contribution in [2.75, 3.05) is 6.61 Å². The lowest BCUT2D eigenvalue weighted by atomic mass is 9.88. The number of rotatable bonds is 10. The highest BCUT2D eigenvalue weighted by atomic mass is 35.5. The third kappa shape index (κ3) is 6.36. The maximum absolute atomic E-state index is 12.4. The first kappa shape index (κ1) is 24.0. The Morgan fingerprint density at radius 3 is 2.63 bits per heavy atom. The molecule has 0 saturated heterocycles. The van der Waals surface area contributed by atoms with Gasteiger partial charge in [-0.05, 0) is 59.1 Å². The lowest BCUT2D eigenvalue weighted by molar-refractivity contribution is -0.153. The number of carbonyl (C=O) groups excluding carboxylic acids is 1. The average Bonchev–Trinajstić information content (AvgIpc) is 2.99. The molecule has 5 nitrogen and oxygen atoms in total. The van der Waals surface area contributed by atoms with Crippen molar-refractivity contribution in [1.82, 2.24) is 9.55 Å². The predicted octanol–water partition coefficient (Wildman–Crippen LogP) is 5.72. The van der Waals surface area contributed by atoms with Gasteiger partial charge in [-0.1, -0.05) is 36.2 Å². The molecule has 0 aromatic carbocycles. The van der Waals surface area contributed by atoms with Gasteiger partial charge in [-0.2, -0.15) is 0 Å². The molecule has 0 amide bonds. The largest absolute Gasteiger partial charge is 0.466 e. The average molecular weight is 433 g/mol. The third-order valence-electron chi connectivity index (χ3n) is 5.24. The smallest absolute Gasteiger partial charge is 0.311 e. The third-order valence-corrected chi connectivity index (χ3v) is 5.40. The second-order valence-corrected chi connectivity index (χ2v) is 8.78. The Hall–Kier alpha value is -2.27. The molecule has 0 radical (unpaired) electrons. The molecule has 0 aliphatic heterocycles. The zero-order valence-corrected chi connectivity index (χ0v) is 19.4. The van der Waals surface area contributed by atoms with E-state index in [4.69, 9.17) is 16.3 Å². The monoisotopic (exact) mass is 432 g/mol. The molecule has 0 unspecified atom stereocenters. The van der Waals surface area contributed by atoms with Crippen LogP contribution < -0.4 is 5.56 Å². The number of H-pyrrole nitrogens is 1. The first-order chi connectivity index (χ1) is 14.2. The number of pyridine rings is 1. The van der Waals surface area contributed by atoms with Crippen molar-refractivity contribution in [2.45, 2.75) is 66.8 Å². The van der Waals surface area contributed by atoms with Gasteiger partial charge in [0.05, 0.1) is 23.1 Å². The van der Waals surface area contributed by atoms with Crippen molar-refractivity contribution < 1.29 is 9.53 Å². The van der Waals surface area contributed by atoms with E-state index in [0.717, 1.165) is 47.6 Å². The minimum Gasteiger partial charge on any atom is -0.466 e. The lowest BCUT2D eigenvalue weighted by Crippen LogP contribution is -2.30. The van der Waals surface area contributed by atoms with E-state index in [2.05, 4.69) is 22.6 Å². The quantitative estimate of drug-likeness (QED) is 0.385. The van der Waals surface area contributed by atoms with Crippen molar-refractivity contribution in [3.8, 4) is 0 Å². The van der Waals surface area contributed by atoms with Crippen LogP contribution in [-0.4, -0.2) is 22.1 Å². The Labute approximate surface area is 183 Å². The number of nitrogens with one attached hydrogen (secondary N) is 1. The second kappa shape index (κ2) is 10.7. The number of carbonyl (C=O) groups is 1. The number of hydrogen-bond donors (Lipinski definition) is 1. The summed E-state index contributed by atoms with van der Waals surface area (Å²) in [4.78, 5) is 27.1. The topological polar surface area (TPSA) is 64.1 Å². The molecule has 2 aromatic rings. The van der Waals surface area contributed by atoms with Crippen molar-refractivity contribution in [1.29, 1.82) is 0 Å². The van der Waals surface area contributed by atoms with Crippen LogP contribution in [-0.2, 0) is 22.5 Å². The summed E-state index contributed by atoms with van der Waals surface area (Å²) in [5.74, 6) is -0.215. The summed E-state index contributed by atoms with van der Waals surface area (Å²) in [5, 5.41) is 0.797. The SMILES string of the molecule is CCOC(=O)C(C)(C)Cc1cc2[nH]c(=O)ccc2n1CC/C(=C/C/C=C(\C)Cl)CC. The first-order valence-electron chi connectivity index (χ1n) is 10.6. The van der Waals surface area contributed by atoms with E-state index in [1.807, 2.05) is 45.9 Å². The number of fused-ring (bicyclic) bond motifs is 1. The van der Waals surface area contributed by atoms with Crippen LogP contribution in [0.3, 0.4) is 0 Å². The number of aromatic amines is 1. The van der Waals surface area contributed by atoms with Gasteiger partial charge in [0, 0.05) is 29.8 Å². The molecule has 0 aliphatic carbocycles. The fourth-order valence-corrected chi connectivity index (χ4v) is 3.65. The van der Waals surface area contributed by atoms with E-state index in [0.29, 0.717) is 13.0 Å². The van der Waals surface area contributed by atoms with Gasteiger partial charge in [0.1, 0.15) is 0 Å². The Balaban J connectivity index is 2.35. The van der Waals surface area contributed by atoms with Crippen molar-refractivity contribution in [3.63, 3.8) is 0 Å². The molecule has 2 aromatic heterocycles. The van der Waals surface area contributed by atoms with E-state index < -0.39 is 5.41 Å². The number of hydrogen-bond acceptors (Lipinski definition) is 3. The molecular weight excluding hydrogens is 400 g/mol. The minimum atomic E-state index is -0.658. The van der Waals surface area contributed by atoms with Gasteiger partial charge < -0.3 is 14.3 Å². The van der Waals surface area contributed by atoms with Gasteiger partial charge in [-0.15, -0.1) is 0 Å². The summed E-state index contributed by atoms with van der Waals surface area (Å²) >= 11 is 5.93. The molecule has 164 valence electrons. The maximum Gasteiger partial charge on any atom is 0.311 e. The van der Waals surface area contributed by atoms with E-state index in [1.165, 1.54) is 5.57 Å². The van der Waals surface area contributed by atoms with E-state index in [1.54, 1.807) is 6.07 Å². The number of esters is 1. The maximum atomic E-state index is 12.4. The molecule has 0 spiro atoms. The number of halogens is 1. The number of allylic oxidation sites excluding steroid dienone is 4. The first-order valence-corrected chi connectivity index (χ1v) is 10.9. The van der Waals surface area contributed by atoms with Crippen LogP contribution >= 0.6 is 11.6 Å². The Morgan fingerprint density at radius 2 is 2.00 bits per heavy atom. The second-order valence-electron chi connectivity index (χ2n) is 8.18. The fourth-order valence-electron chi connectivity index (χ4n) is 3.56. The van der Waals surface area contributed by atoms with E-state index in [-0.39, 0.29) is 11.5 Å². The highest BCUT2D eigenvalue weighted by Crippen LogP contribution is 2.28. The molecule has 2 rings (SSSR count). The van der Waals surface area contributed by atoms with Crippen LogP contribution in [0, 0.1) is 5.41 Å². The minimum absolute atomic E-state index is 0.131. The Bertz CT molecular complexity index is 992. The van der Waals surface area contributed by atoms with Crippen molar-refractivity contribution >= 4 is 28.6 Å². The molecule has 30 heavy (non-hydrogen) atoms. The number of aromatic nitrogens is 2. The summed E-state index contributed by atoms with van der Waals surface area (Å²) in [6, 6.07) is 5.38. The Kier molecular flexibility index (Phi) is 8.54. The van der Waals surface area contributed by atoms with E-state index >= 15 is 0 Å². The molecule has 6 heteroatoms. The predicted molar refractivity (Wildman–Crippen MR) is 124 cm³/mol. The van der Waals surface area contributed by atoms with Gasteiger partial charge in [0.15, 0.2) is 0 Å². The normalized spacial score (nSPS) is 13.1. The zero-order valence-electron chi connectivity index (χ0n) is 18.7. The lowest BCUT2D eigenvalue weighted by Gasteiger charge is -2.23. The van der Waals surface area contributed by atoms with Gasteiger partial charge >= 0.3 is 5.97 Å². The summed E-state index contributed by atoms with van der Waals surface area (Å²) in [6.45, 7) is 10.8. The molecule has 0 fully saturated rings. The number of ether oxygens (including phenoxy) is 1. The molecule has 0 saturated carbocycles. The summed E-state index contributed by atoms with van der Waals surface area (Å²) in [5.41, 5.74) is 3.33. The van der Waals surface area contributed by atoms with Gasteiger partial charge in [0.2, 0.25) is 5.56 Å². The standard InChI is InChI=1S/C24H33ClN2O3/c1-6-18(10-8-9-17(3)25)13-14-27-19(16-24(4,5)23(29)30-7-2)15-20-21(27)11-12-22(28)26-20/h9-12,15H,6-8,13-14,16H2,1-5H3,(H,26,28)/b17-9+,18-10+. The van der Waals surface area contributed by atoms with Crippen LogP contribution in [0.25, 0.3) is 11.0 Å². The van der Waals surface area contributed by atoms with Crippen LogP contribution in [0.1, 0.15) is 59.6 Å². The number of nitrogens with zero attached hydrogens (tertiary/aromatic N) is 1. The Morgan fingerprint density at radius 1 is 1.27 bits per heavy atom. The van der Waals surface area contributed by atoms with Crippen molar-refractivity contribution in [3.05, 3.63) is 57.0 Å². The molecule has 0 atom stereocenters. The van der Waals surface area contributed by atoms with Crippen LogP contribution in [0.5, 0.6) is 0 Å². The van der Waals surface area contributed by atoms with Crippen LogP contribution in [0.2, 0.25) is 0 Å². The summed E-state index contributed by atoms with van der Waals surface area (Å²) < 4.78 is 7.47. The molecule has 2 heterocycles. The van der Waals surface area contributed by atoms with Crippen molar-refractivity contribution in [2.24, 2.45) is 5.41 Å². The van der Waals surface area contributed by atoms with Gasteiger partial charge in [-0.25, -0.2) is 0 Å². The highest BCUT2D eigenvalue weighted by Gasteiger charge is 2.31. The summed E-state index contributed by atoms with van der Waals surface area (Å²) in [7, 11) is 0. The molecule has 0 aliphatic rings. The highest BCUT2D eigenvalue weighted by molar-refractivity contribution is 6.29. The number of aryl methyl sites for hydroxylation is 1. The van der Waals surface area contributed by atoms with Crippen LogP contribution in [0.4, 0.5) is 0 Å². The molecular formula is C24H33ClN2O3. The zero-order chi connectivity index (χ0) is 22.3. The molecule has 0 bridgehead atoms. The van der Waals surface area contributed by atoms with E-state index in [9.17, 15) is 9.59 Å². The summed E-state index contributed by atoms with van der Waals surface area (Å²) in [6.07, 6.45) is 7.43. The molecule has 1 N–H and O–H groups in total. The van der Waals surface area contributed by atoms with Gasteiger partial charge in [0.25, 0.3) is 0 Å². The van der Waals surface area contributed by atoms with Gasteiger partial charge in [-0.3, -0.25) is 9.59 Å². The van der Waals surface area contributed by atoms with Crippen LogP contribution in [0.15, 0.2) is 45.8 Å².